The van der Waals surface area contributed by atoms with Crippen molar-refractivity contribution in [3.05, 3.63) is 23.2 Å². The van der Waals surface area contributed by atoms with Crippen LogP contribution in [-0.4, -0.2) is 31.3 Å². The molecule has 1 aromatic heterocycles. The van der Waals surface area contributed by atoms with Crippen molar-refractivity contribution < 1.29 is 19.1 Å². The zero-order chi connectivity index (χ0) is 14.1. The fourth-order valence-electron chi connectivity index (χ4n) is 1.87. The van der Waals surface area contributed by atoms with E-state index >= 15 is 0 Å². The third-order valence-electron chi connectivity index (χ3n) is 2.94. The van der Waals surface area contributed by atoms with E-state index in [4.69, 9.17) is 9.52 Å². The van der Waals surface area contributed by atoms with Crippen molar-refractivity contribution in [1.29, 1.82) is 0 Å². The second-order valence-corrected chi connectivity index (χ2v) is 4.49. The van der Waals surface area contributed by atoms with Crippen molar-refractivity contribution in [3.8, 4) is 0 Å². The molecule has 0 bridgehead atoms. The summed E-state index contributed by atoms with van der Waals surface area (Å²) in [4.78, 5) is 11.4. The molecule has 0 aromatic carbocycles. The van der Waals surface area contributed by atoms with Gasteiger partial charge >= 0.3 is 5.97 Å². The third-order valence-corrected chi connectivity index (χ3v) is 2.94. The van der Waals surface area contributed by atoms with Crippen LogP contribution >= 0.6 is 0 Å². The summed E-state index contributed by atoms with van der Waals surface area (Å²) in [6.07, 6.45) is 4.12. The first kappa shape index (κ1) is 15.7. The zero-order valence-corrected chi connectivity index (χ0v) is 11.7. The number of unbranched alkanes of at least 4 members (excludes halogenated alkanes) is 3. The van der Waals surface area contributed by atoms with Gasteiger partial charge in [0.1, 0.15) is 17.1 Å². The number of aryl methyl sites for hydroxylation is 1. The smallest absolute Gasteiger partial charge is 0.341 e. The van der Waals surface area contributed by atoms with Crippen LogP contribution in [0.3, 0.4) is 0 Å². The summed E-state index contributed by atoms with van der Waals surface area (Å²) in [5.41, 5.74) is 0.488. The maximum Gasteiger partial charge on any atom is 0.341 e. The number of nitrogens with one attached hydrogen (secondary N) is 1. The van der Waals surface area contributed by atoms with Gasteiger partial charge in [0.15, 0.2) is 0 Å². The molecule has 0 amide bonds. The van der Waals surface area contributed by atoms with Gasteiger partial charge in [0, 0.05) is 6.61 Å². The standard InChI is InChI=1S/C14H23NO4/c1-11-13(14(17)18-2)9-12(19-11)10-15-7-5-3-4-6-8-16/h9,15-16H,3-8,10H2,1-2H3. The highest BCUT2D eigenvalue weighted by Gasteiger charge is 2.14. The van der Waals surface area contributed by atoms with Gasteiger partial charge in [-0.15, -0.1) is 0 Å². The molecule has 0 unspecified atom stereocenters. The molecule has 5 nitrogen and oxygen atoms in total. The van der Waals surface area contributed by atoms with Crippen LogP contribution in [0.25, 0.3) is 0 Å². The first-order chi connectivity index (χ1) is 9.19. The summed E-state index contributed by atoms with van der Waals surface area (Å²) in [5.74, 6) is 0.969. The lowest BCUT2D eigenvalue weighted by atomic mass is 10.2. The Morgan fingerprint density at radius 1 is 1.37 bits per heavy atom. The van der Waals surface area contributed by atoms with Crippen molar-refractivity contribution in [3.63, 3.8) is 0 Å². The average Bonchev–Trinajstić information content (AvgIpc) is 2.78. The molecule has 0 aliphatic rings. The number of ether oxygens (including phenoxy) is 1. The Balaban J connectivity index is 2.25. The van der Waals surface area contributed by atoms with E-state index in [-0.39, 0.29) is 12.6 Å². The van der Waals surface area contributed by atoms with E-state index in [2.05, 4.69) is 10.1 Å². The fourth-order valence-corrected chi connectivity index (χ4v) is 1.87. The Hall–Kier alpha value is -1.33. The highest BCUT2D eigenvalue weighted by atomic mass is 16.5. The molecule has 0 saturated carbocycles. The van der Waals surface area contributed by atoms with Gasteiger partial charge in [0.25, 0.3) is 0 Å². The predicted molar refractivity (Wildman–Crippen MR) is 72.0 cm³/mol. The van der Waals surface area contributed by atoms with Crippen LogP contribution in [0.1, 0.15) is 47.6 Å². The van der Waals surface area contributed by atoms with Gasteiger partial charge in [-0.25, -0.2) is 4.79 Å². The number of methoxy groups -OCH3 is 1. The molecule has 0 saturated heterocycles. The summed E-state index contributed by atoms with van der Waals surface area (Å²) >= 11 is 0. The van der Waals surface area contributed by atoms with Gasteiger partial charge in [-0.3, -0.25) is 0 Å². The Bertz CT molecular complexity index is 387. The maximum atomic E-state index is 11.4. The number of hydrogen-bond acceptors (Lipinski definition) is 5. The summed E-state index contributed by atoms with van der Waals surface area (Å²) in [5, 5.41) is 11.9. The number of aliphatic hydroxyl groups excluding tert-OH is 1. The van der Waals surface area contributed by atoms with E-state index in [0.29, 0.717) is 17.9 Å². The van der Waals surface area contributed by atoms with E-state index in [0.717, 1.165) is 38.0 Å². The molecule has 19 heavy (non-hydrogen) atoms. The maximum absolute atomic E-state index is 11.4. The number of carbonyl (C=O) groups is 1. The number of hydrogen-bond donors (Lipinski definition) is 2. The Labute approximate surface area is 113 Å². The summed E-state index contributed by atoms with van der Waals surface area (Å²) < 4.78 is 10.2. The van der Waals surface area contributed by atoms with Crippen LogP contribution < -0.4 is 5.32 Å². The third kappa shape index (κ3) is 5.44. The minimum Gasteiger partial charge on any atom is -0.465 e. The van der Waals surface area contributed by atoms with Gasteiger partial charge in [0.2, 0.25) is 0 Å². The topological polar surface area (TPSA) is 71.7 Å². The lowest BCUT2D eigenvalue weighted by molar-refractivity contribution is 0.0599. The summed E-state index contributed by atoms with van der Waals surface area (Å²) in [6.45, 7) is 3.54. The number of aliphatic hydroxyl groups is 1. The number of rotatable bonds is 9. The highest BCUT2D eigenvalue weighted by Crippen LogP contribution is 2.15. The van der Waals surface area contributed by atoms with Crippen molar-refractivity contribution >= 4 is 5.97 Å². The van der Waals surface area contributed by atoms with Gasteiger partial charge < -0.3 is 19.6 Å². The monoisotopic (exact) mass is 269 g/mol. The first-order valence-corrected chi connectivity index (χ1v) is 6.68. The normalized spacial score (nSPS) is 10.7. The highest BCUT2D eigenvalue weighted by molar-refractivity contribution is 5.90. The molecule has 0 spiro atoms. The lowest BCUT2D eigenvalue weighted by Gasteiger charge is -2.02. The van der Waals surface area contributed by atoms with Crippen LogP contribution in [-0.2, 0) is 11.3 Å². The van der Waals surface area contributed by atoms with Crippen LogP contribution in [0.15, 0.2) is 10.5 Å². The number of furan rings is 1. The van der Waals surface area contributed by atoms with E-state index < -0.39 is 0 Å². The molecule has 0 fully saturated rings. The molecule has 1 aromatic rings. The molecule has 0 radical (unpaired) electrons. The molecule has 5 heteroatoms. The van der Waals surface area contributed by atoms with Gasteiger partial charge in [0.05, 0.1) is 13.7 Å². The molecule has 2 N–H and O–H groups in total. The van der Waals surface area contributed by atoms with E-state index in [1.54, 1.807) is 13.0 Å². The SMILES string of the molecule is COC(=O)c1cc(CNCCCCCCO)oc1C. The van der Waals surface area contributed by atoms with Crippen LogP contribution in [0.2, 0.25) is 0 Å². The van der Waals surface area contributed by atoms with Crippen LogP contribution in [0, 0.1) is 6.92 Å². The predicted octanol–water partition coefficient (Wildman–Crippen LogP) is 2.02. The van der Waals surface area contributed by atoms with Crippen molar-refractivity contribution in [2.75, 3.05) is 20.3 Å². The van der Waals surface area contributed by atoms with Gasteiger partial charge in [-0.2, -0.15) is 0 Å². The molecule has 0 aliphatic carbocycles. The lowest BCUT2D eigenvalue weighted by Crippen LogP contribution is -2.14. The van der Waals surface area contributed by atoms with E-state index in [1.807, 2.05) is 0 Å². The summed E-state index contributed by atoms with van der Waals surface area (Å²) in [7, 11) is 1.36. The molecule has 1 rings (SSSR count). The van der Waals surface area contributed by atoms with Crippen molar-refractivity contribution in [1.82, 2.24) is 5.32 Å². The second-order valence-electron chi connectivity index (χ2n) is 4.49. The molecule has 108 valence electrons. The fraction of sp³-hybridized carbons (Fsp3) is 0.643. The van der Waals surface area contributed by atoms with Crippen molar-refractivity contribution in [2.24, 2.45) is 0 Å². The number of esters is 1. The molecule has 0 aliphatic heterocycles. The van der Waals surface area contributed by atoms with Gasteiger partial charge in [-0.1, -0.05) is 12.8 Å². The minimum absolute atomic E-state index is 0.273. The Morgan fingerprint density at radius 3 is 2.79 bits per heavy atom. The summed E-state index contributed by atoms with van der Waals surface area (Å²) in [6, 6.07) is 1.72. The largest absolute Gasteiger partial charge is 0.465 e. The van der Waals surface area contributed by atoms with E-state index in [9.17, 15) is 4.79 Å². The quantitative estimate of drug-likeness (QED) is 0.530. The van der Waals surface area contributed by atoms with Crippen LogP contribution in [0.4, 0.5) is 0 Å². The molecule has 1 heterocycles. The number of carbonyl (C=O) groups excluding carboxylic acids is 1. The van der Waals surface area contributed by atoms with E-state index in [1.165, 1.54) is 7.11 Å². The molecular weight excluding hydrogens is 246 g/mol. The van der Waals surface area contributed by atoms with Gasteiger partial charge in [-0.05, 0) is 32.4 Å². The first-order valence-electron chi connectivity index (χ1n) is 6.68. The minimum atomic E-state index is -0.364. The average molecular weight is 269 g/mol. The molecule has 0 atom stereocenters. The molecular formula is C14H23NO4. The Kier molecular flexibility index (Phi) is 7.22. The zero-order valence-electron chi connectivity index (χ0n) is 11.7. The van der Waals surface area contributed by atoms with Crippen molar-refractivity contribution in [2.45, 2.75) is 39.2 Å². The van der Waals surface area contributed by atoms with Crippen LogP contribution in [0.5, 0.6) is 0 Å². The Morgan fingerprint density at radius 2 is 2.11 bits per heavy atom. The second kappa shape index (κ2) is 8.72.